The van der Waals surface area contributed by atoms with Gasteiger partial charge in [-0.1, -0.05) is 56.9 Å². The SMILES string of the molecule is O=C(CCSSCCC(=O)Nc1cccc(Cl)c1)Nc1cccc(Cl)c1. The Morgan fingerprint density at radius 1 is 0.769 bits per heavy atom. The lowest BCUT2D eigenvalue weighted by molar-refractivity contribution is -0.116. The van der Waals surface area contributed by atoms with Crippen LogP contribution in [0, 0.1) is 0 Å². The molecule has 2 amide bonds. The molecule has 0 unspecified atom stereocenters. The van der Waals surface area contributed by atoms with Gasteiger partial charge in [0.2, 0.25) is 11.8 Å². The average Bonchev–Trinajstić information content (AvgIpc) is 2.58. The number of benzene rings is 2. The molecule has 2 N–H and O–H groups in total. The Labute approximate surface area is 170 Å². The van der Waals surface area contributed by atoms with E-state index in [0.717, 1.165) is 0 Å². The lowest BCUT2D eigenvalue weighted by Crippen LogP contribution is -2.12. The molecule has 0 aromatic heterocycles. The van der Waals surface area contributed by atoms with Gasteiger partial charge in [-0.05, 0) is 36.4 Å². The van der Waals surface area contributed by atoms with Crippen LogP contribution in [0.5, 0.6) is 0 Å². The van der Waals surface area contributed by atoms with Crippen LogP contribution in [0.3, 0.4) is 0 Å². The van der Waals surface area contributed by atoms with E-state index in [1.165, 1.54) is 0 Å². The van der Waals surface area contributed by atoms with Gasteiger partial charge in [0, 0.05) is 45.8 Å². The summed E-state index contributed by atoms with van der Waals surface area (Å²) in [6.07, 6.45) is 0.803. The highest BCUT2D eigenvalue weighted by Crippen LogP contribution is 2.23. The first-order chi connectivity index (χ1) is 12.5. The van der Waals surface area contributed by atoms with Gasteiger partial charge in [-0.2, -0.15) is 0 Å². The van der Waals surface area contributed by atoms with Gasteiger partial charge in [0.15, 0.2) is 0 Å². The van der Waals surface area contributed by atoms with E-state index in [1.54, 1.807) is 70.1 Å². The van der Waals surface area contributed by atoms with Crippen molar-refractivity contribution in [2.75, 3.05) is 22.1 Å². The van der Waals surface area contributed by atoms with Gasteiger partial charge in [0.25, 0.3) is 0 Å². The van der Waals surface area contributed by atoms with Crippen LogP contribution in [-0.2, 0) is 9.59 Å². The number of amides is 2. The molecule has 0 saturated heterocycles. The minimum Gasteiger partial charge on any atom is -0.326 e. The number of nitrogens with one attached hydrogen (secondary N) is 2. The van der Waals surface area contributed by atoms with Crippen LogP contribution >= 0.6 is 44.8 Å². The summed E-state index contributed by atoms with van der Waals surface area (Å²) in [5, 5.41) is 6.78. The van der Waals surface area contributed by atoms with Crippen molar-refractivity contribution >= 4 is 68.0 Å². The Balaban J connectivity index is 1.55. The van der Waals surface area contributed by atoms with Crippen molar-refractivity contribution in [1.29, 1.82) is 0 Å². The molecule has 8 heteroatoms. The van der Waals surface area contributed by atoms with Crippen molar-refractivity contribution in [3.8, 4) is 0 Å². The van der Waals surface area contributed by atoms with Gasteiger partial charge in [0.05, 0.1) is 0 Å². The van der Waals surface area contributed by atoms with Gasteiger partial charge >= 0.3 is 0 Å². The summed E-state index contributed by atoms with van der Waals surface area (Å²) in [5.74, 6) is 1.23. The van der Waals surface area contributed by atoms with E-state index in [9.17, 15) is 9.59 Å². The lowest BCUT2D eigenvalue weighted by atomic mass is 10.3. The van der Waals surface area contributed by atoms with Crippen LogP contribution in [-0.4, -0.2) is 23.3 Å². The number of carbonyl (C=O) groups is 2. The molecule has 0 saturated carbocycles. The number of hydrogen-bond donors (Lipinski definition) is 2. The van der Waals surface area contributed by atoms with Gasteiger partial charge in [-0.25, -0.2) is 0 Å². The molecule has 0 aliphatic carbocycles. The molecule has 0 spiro atoms. The number of rotatable bonds is 9. The van der Waals surface area contributed by atoms with E-state index in [4.69, 9.17) is 23.2 Å². The quantitative estimate of drug-likeness (QED) is 0.395. The predicted molar refractivity (Wildman–Crippen MR) is 114 cm³/mol. The van der Waals surface area contributed by atoms with E-state index in [-0.39, 0.29) is 11.8 Å². The third-order valence-electron chi connectivity index (χ3n) is 3.12. The van der Waals surface area contributed by atoms with E-state index in [1.807, 2.05) is 0 Å². The second kappa shape index (κ2) is 11.4. The minimum absolute atomic E-state index is 0.0564. The van der Waals surface area contributed by atoms with Crippen LogP contribution < -0.4 is 10.6 Å². The van der Waals surface area contributed by atoms with E-state index in [0.29, 0.717) is 45.8 Å². The van der Waals surface area contributed by atoms with Crippen LogP contribution in [0.15, 0.2) is 48.5 Å². The van der Waals surface area contributed by atoms with Crippen LogP contribution in [0.1, 0.15) is 12.8 Å². The molecule has 0 fully saturated rings. The first-order valence-electron chi connectivity index (χ1n) is 7.88. The Morgan fingerprint density at radius 2 is 1.19 bits per heavy atom. The monoisotopic (exact) mass is 428 g/mol. The maximum absolute atomic E-state index is 11.8. The number of carbonyl (C=O) groups excluding carboxylic acids is 2. The topological polar surface area (TPSA) is 58.2 Å². The molecule has 2 aromatic rings. The third-order valence-corrected chi connectivity index (χ3v) is 6.00. The number of anilines is 2. The standard InChI is InChI=1S/C18H18Cl2N2O2S2/c19-13-3-1-5-15(11-13)21-17(23)7-9-25-26-10-8-18(24)22-16-6-2-4-14(20)12-16/h1-6,11-12H,7-10H2,(H,21,23)(H,22,24). The fourth-order valence-corrected chi connectivity index (χ4v) is 4.33. The van der Waals surface area contributed by atoms with Crippen LogP contribution in [0.25, 0.3) is 0 Å². The Kier molecular flexibility index (Phi) is 9.18. The summed E-state index contributed by atoms with van der Waals surface area (Å²) in [5.41, 5.74) is 1.38. The van der Waals surface area contributed by atoms with E-state index >= 15 is 0 Å². The van der Waals surface area contributed by atoms with E-state index < -0.39 is 0 Å². The number of hydrogen-bond acceptors (Lipinski definition) is 4. The molecule has 0 bridgehead atoms. The summed E-state index contributed by atoms with van der Waals surface area (Å²) in [4.78, 5) is 23.7. The maximum Gasteiger partial charge on any atom is 0.225 e. The molecule has 2 aromatic carbocycles. The third kappa shape index (κ3) is 8.36. The molecule has 0 aliphatic rings. The van der Waals surface area contributed by atoms with Crippen molar-refractivity contribution in [2.45, 2.75) is 12.8 Å². The lowest BCUT2D eigenvalue weighted by Gasteiger charge is -2.06. The van der Waals surface area contributed by atoms with Crippen molar-refractivity contribution < 1.29 is 9.59 Å². The molecule has 2 rings (SSSR count). The molecule has 138 valence electrons. The average molecular weight is 429 g/mol. The van der Waals surface area contributed by atoms with Crippen molar-refractivity contribution in [3.05, 3.63) is 58.6 Å². The summed E-state index contributed by atoms with van der Waals surface area (Å²) >= 11 is 11.8. The Morgan fingerprint density at radius 3 is 1.58 bits per heavy atom. The van der Waals surface area contributed by atoms with E-state index in [2.05, 4.69) is 10.6 Å². The van der Waals surface area contributed by atoms with Crippen molar-refractivity contribution in [3.63, 3.8) is 0 Å². The molecule has 0 radical (unpaired) electrons. The Hall–Kier alpha value is -1.34. The van der Waals surface area contributed by atoms with Crippen LogP contribution in [0.4, 0.5) is 11.4 Å². The molecule has 4 nitrogen and oxygen atoms in total. The van der Waals surface area contributed by atoms with Crippen molar-refractivity contribution in [2.24, 2.45) is 0 Å². The fraction of sp³-hybridized carbons (Fsp3) is 0.222. The highest BCUT2D eigenvalue weighted by molar-refractivity contribution is 8.76. The molecular weight excluding hydrogens is 411 g/mol. The van der Waals surface area contributed by atoms with Crippen molar-refractivity contribution in [1.82, 2.24) is 0 Å². The highest BCUT2D eigenvalue weighted by Gasteiger charge is 2.05. The van der Waals surface area contributed by atoms with Gasteiger partial charge < -0.3 is 10.6 Å². The molecule has 0 heterocycles. The highest BCUT2D eigenvalue weighted by atomic mass is 35.5. The predicted octanol–water partition coefficient (Wildman–Crippen LogP) is 5.73. The van der Waals surface area contributed by atoms with Gasteiger partial charge in [0.1, 0.15) is 0 Å². The Bertz CT molecular complexity index is 696. The maximum atomic E-state index is 11.8. The number of halogens is 2. The second-order valence-electron chi connectivity index (χ2n) is 5.26. The minimum atomic E-state index is -0.0564. The summed E-state index contributed by atoms with van der Waals surface area (Å²) < 4.78 is 0. The smallest absolute Gasteiger partial charge is 0.225 e. The van der Waals surface area contributed by atoms with Gasteiger partial charge in [-0.3, -0.25) is 9.59 Å². The van der Waals surface area contributed by atoms with Crippen LogP contribution in [0.2, 0.25) is 10.0 Å². The molecule has 26 heavy (non-hydrogen) atoms. The fourth-order valence-electron chi connectivity index (χ4n) is 1.97. The summed E-state index contributed by atoms with van der Waals surface area (Å²) in [6.45, 7) is 0. The molecule has 0 atom stereocenters. The largest absolute Gasteiger partial charge is 0.326 e. The zero-order chi connectivity index (χ0) is 18.8. The molecule has 0 aliphatic heterocycles. The zero-order valence-corrected chi connectivity index (χ0v) is 17.0. The first kappa shape index (κ1) is 21.0. The first-order valence-corrected chi connectivity index (χ1v) is 11.1. The van der Waals surface area contributed by atoms with Gasteiger partial charge in [-0.15, -0.1) is 0 Å². The second-order valence-corrected chi connectivity index (χ2v) is 8.84. The normalized spacial score (nSPS) is 10.4. The molecular formula is C18H18Cl2N2O2S2. The zero-order valence-electron chi connectivity index (χ0n) is 13.8. The summed E-state index contributed by atoms with van der Waals surface area (Å²) in [6, 6.07) is 14.1. The summed E-state index contributed by atoms with van der Waals surface area (Å²) in [7, 11) is 3.15.